The van der Waals surface area contributed by atoms with Gasteiger partial charge in [0.15, 0.2) is 5.69 Å². The van der Waals surface area contributed by atoms with Crippen LogP contribution in [0.2, 0.25) is 0 Å². The standard InChI is InChI=1S/C31H31FN/c1-19-13-30(32)29(22-7-5-4-6-8-22)18-27(19)31-26-12-11-24(17-25(26)14-20(2)33(31)3)28-16-21-9-10-23(28)15-21/h4-8,11-14,17-18,21,23,28H,9-10,15-16H2,1-3H3/q+1. The summed E-state index contributed by atoms with van der Waals surface area (Å²) in [6.45, 7) is 4.19. The van der Waals surface area contributed by atoms with E-state index in [0.717, 1.165) is 34.4 Å². The summed E-state index contributed by atoms with van der Waals surface area (Å²) in [7, 11) is 2.12. The summed E-state index contributed by atoms with van der Waals surface area (Å²) < 4.78 is 17.3. The van der Waals surface area contributed by atoms with Gasteiger partial charge in [0.2, 0.25) is 5.69 Å². The van der Waals surface area contributed by atoms with Crippen molar-refractivity contribution in [3.8, 4) is 22.4 Å². The predicted molar refractivity (Wildman–Crippen MR) is 134 cm³/mol. The minimum absolute atomic E-state index is 0.166. The van der Waals surface area contributed by atoms with Crippen molar-refractivity contribution >= 4 is 10.8 Å². The van der Waals surface area contributed by atoms with Gasteiger partial charge in [0.25, 0.3) is 0 Å². The smallest absolute Gasteiger partial charge is 0.206 e. The van der Waals surface area contributed by atoms with E-state index < -0.39 is 0 Å². The van der Waals surface area contributed by atoms with Crippen molar-refractivity contribution in [2.24, 2.45) is 18.9 Å². The zero-order valence-electron chi connectivity index (χ0n) is 19.7. The Balaban J connectivity index is 1.53. The molecule has 0 N–H and O–H groups in total. The summed E-state index contributed by atoms with van der Waals surface area (Å²) in [5.41, 5.74) is 7.52. The van der Waals surface area contributed by atoms with Crippen LogP contribution in [0.1, 0.15) is 48.4 Å². The van der Waals surface area contributed by atoms with Crippen LogP contribution >= 0.6 is 0 Å². The third kappa shape index (κ3) is 3.39. The average molecular weight is 437 g/mol. The summed E-state index contributed by atoms with van der Waals surface area (Å²) >= 11 is 0. The zero-order chi connectivity index (χ0) is 22.7. The molecule has 0 amide bonds. The molecule has 1 aromatic heterocycles. The van der Waals surface area contributed by atoms with Crippen molar-refractivity contribution in [1.82, 2.24) is 0 Å². The Morgan fingerprint density at radius 3 is 2.39 bits per heavy atom. The van der Waals surface area contributed by atoms with Crippen LogP contribution in [-0.2, 0) is 7.05 Å². The number of halogens is 1. The second-order valence-corrected chi connectivity index (χ2v) is 10.3. The zero-order valence-corrected chi connectivity index (χ0v) is 19.7. The van der Waals surface area contributed by atoms with E-state index in [2.05, 4.69) is 42.8 Å². The fourth-order valence-corrected chi connectivity index (χ4v) is 6.57. The normalized spacial score (nSPS) is 21.8. The number of rotatable bonds is 3. The van der Waals surface area contributed by atoms with Gasteiger partial charge in [0, 0.05) is 18.6 Å². The summed E-state index contributed by atoms with van der Waals surface area (Å²) in [6, 6.07) is 23.0. The van der Waals surface area contributed by atoms with Crippen molar-refractivity contribution in [1.29, 1.82) is 0 Å². The van der Waals surface area contributed by atoms with Gasteiger partial charge in [-0.2, -0.15) is 4.57 Å². The van der Waals surface area contributed by atoms with E-state index >= 15 is 4.39 Å². The van der Waals surface area contributed by atoms with E-state index in [1.807, 2.05) is 43.3 Å². The fraction of sp³-hybridized carbons (Fsp3) is 0.323. The van der Waals surface area contributed by atoms with E-state index in [4.69, 9.17) is 0 Å². The molecular weight excluding hydrogens is 405 g/mol. The summed E-state index contributed by atoms with van der Waals surface area (Å²) in [4.78, 5) is 0. The number of pyridine rings is 1. The highest BCUT2D eigenvalue weighted by Crippen LogP contribution is 2.53. The fourth-order valence-electron chi connectivity index (χ4n) is 6.57. The maximum absolute atomic E-state index is 15.0. The Labute approximate surface area is 195 Å². The molecule has 2 heteroatoms. The van der Waals surface area contributed by atoms with Crippen molar-refractivity contribution in [2.75, 3.05) is 0 Å². The molecule has 0 radical (unpaired) electrons. The Kier molecular flexibility index (Phi) is 4.87. The quantitative estimate of drug-likeness (QED) is 0.290. The van der Waals surface area contributed by atoms with E-state index in [1.54, 1.807) is 6.07 Å². The summed E-state index contributed by atoms with van der Waals surface area (Å²) in [5, 5.41) is 2.54. The molecule has 1 heterocycles. The molecule has 33 heavy (non-hydrogen) atoms. The summed E-state index contributed by atoms with van der Waals surface area (Å²) in [5.74, 6) is 2.38. The van der Waals surface area contributed by atoms with Gasteiger partial charge < -0.3 is 0 Å². The minimum Gasteiger partial charge on any atom is -0.206 e. The van der Waals surface area contributed by atoms with Crippen molar-refractivity contribution in [3.63, 3.8) is 0 Å². The van der Waals surface area contributed by atoms with Gasteiger partial charge in [-0.15, -0.1) is 0 Å². The number of fused-ring (bicyclic) bond motifs is 3. The van der Waals surface area contributed by atoms with Crippen LogP contribution in [0.15, 0.2) is 66.7 Å². The number of aromatic nitrogens is 1. The predicted octanol–water partition coefficient (Wildman–Crippen LogP) is 7.66. The van der Waals surface area contributed by atoms with Gasteiger partial charge >= 0.3 is 0 Å². The summed E-state index contributed by atoms with van der Waals surface area (Å²) in [6.07, 6.45) is 5.62. The lowest BCUT2D eigenvalue weighted by molar-refractivity contribution is -0.665. The van der Waals surface area contributed by atoms with Gasteiger partial charge in [0.05, 0.1) is 10.9 Å². The first-order valence-electron chi connectivity index (χ1n) is 12.3. The third-order valence-corrected chi connectivity index (χ3v) is 8.38. The Hall–Kier alpha value is -3.00. The van der Waals surface area contributed by atoms with Crippen LogP contribution in [0.5, 0.6) is 0 Å². The molecule has 0 saturated heterocycles. The number of aryl methyl sites for hydroxylation is 2. The first kappa shape index (κ1) is 20.6. The molecule has 3 atom stereocenters. The molecule has 166 valence electrons. The molecule has 3 aromatic carbocycles. The second kappa shape index (κ2) is 7.80. The van der Waals surface area contributed by atoms with Gasteiger partial charge in [-0.25, -0.2) is 4.39 Å². The molecule has 2 bridgehead atoms. The molecule has 6 rings (SSSR count). The SMILES string of the molecule is Cc1cc(F)c(-c2ccccc2)cc1-c1c2ccc(C3CC4CCC3C4)cc2cc(C)[n+]1C. The lowest BCUT2D eigenvalue weighted by Gasteiger charge is -2.22. The van der Waals surface area contributed by atoms with Gasteiger partial charge in [-0.05, 0) is 84.2 Å². The molecule has 0 spiro atoms. The largest absolute Gasteiger partial charge is 0.220 e. The molecule has 1 nitrogen and oxygen atoms in total. The number of hydrogen-bond acceptors (Lipinski definition) is 0. The maximum Gasteiger partial charge on any atom is 0.220 e. The van der Waals surface area contributed by atoms with Gasteiger partial charge in [-0.1, -0.05) is 48.9 Å². The van der Waals surface area contributed by atoms with Crippen LogP contribution in [0, 0.1) is 31.5 Å². The molecule has 4 aromatic rings. The van der Waals surface area contributed by atoms with Crippen LogP contribution < -0.4 is 4.57 Å². The number of benzene rings is 3. The second-order valence-electron chi connectivity index (χ2n) is 10.3. The van der Waals surface area contributed by atoms with Crippen molar-refractivity contribution in [2.45, 2.75) is 45.4 Å². The molecule has 3 unspecified atom stereocenters. The molecule has 2 aliphatic carbocycles. The molecular formula is C31H31FN+. The van der Waals surface area contributed by atoms with E-state index in [1.165, 1.54) is 53.4 Å². The van der Waals surface area contributed by atoms with Crippen molar-refractivity contribution < 1.29 is 8.96 Å². The van der Waals surface area contributed by atoms with Crippen LogP contribution in [0.3, 0.4) is 0 Å². The Morgan fingerprint density at radius 2 is 1.67 bits per heavy atom. The first-order chi connectivity index (χ1) is 16.0. The first-order valence-corrected chi connectivity index (χ1v) is 12.3. The molecule has 2 aliphatic rings. The lowest BCUT2D eigenvalue weighted by Crippen LogP contribution is -2.35. The van der Waals surface area contributed by atoms with E-state index in [-0.39, 0.29) is 5.82 Å². The minimum atomic E-state index is -0.166. The highest BCUT2D eigenvalue weighted by molar-refractivity contribution is 5.95. The Morgan fingerprint density at radius 1 is 0.848 bits per heavy atom. The van der Waals surface area contributed by atoms with Gasteiger partial charge in [-0.3, -0.25) is 0 Å². The highest BCUT2D eigenvalue weighted by Gasteiger charge is 2.40. The van der Waals surface area contributed by atoms with Crippen LogP contribution in [0.4, 0.5) is 4.39 Å². The lowest BCUT2D eigenvalue weighted by atomic mass is 9.82. The van der Waals surface area contributed by atoms with E-state index in [0.29, 0.717) is 5.56 Å². The number of hydrogen-bond donors (Lipinski definition) is 0. The Bertz CT molecular complexity index is 1370. The number of nitrogens with zero attached hydrogens (tertiary/aromatic N) is 1. The molecule has 2 saturated carbocycles. The van der Waals surface area contributed by atoms with E-state index in [9.17, 15) is 0 Å². The molecule has 0 aliphatic heterocycles. The average Bonchev–Trinajstić information content (AvgIpc) is 3.45. The topological polar surface area (TPSA) is 3.88 Å². The maximum atomic E-state index is 15.0. The monoisotopic (exact) mass is 436 g/mol. The van der Waals surface area contributed by atoms with Crippen LogP contribution in [-0.4, -0.2) is 0 Å². The highest BCUT2D eigenvalue weighted by atomic mass is 19.1. The van der Waals surface area contributed by atoms with Gasteiger partial charge in [0.1, 0.15) is 12.9 Å². The molecule has 2 fully saturated rings. The third-order valence-electron chi connectivity index (χ3n) is 8.38. The van der Waals surface area contributed by atoms with Crippen LogP contribution in [0.25, 0.3) is 33.2 Å². The van der Waals surface area contributed by atoms with Crippen molar-refractivity contribution in [3.05, 3.63) is 89.4 Å².